The van der Waals surface area contributed by atoms with Crippen molar-refractivity contribution < 1.29 is 4.79 Å². The molecule has 0 atom stereocenters. The van der Waals surface area contributed by atoms with Gasteiger partial charge in [0.15, 0.2) is 0 Å². The van der Waals surface area contributed by atoms with E-state index in [0.29, 0.717) is 12.1 Å². The lowest BCUT2D eigenvalue weighted by atomic mass is 10.2. The third-order valence-corrected chi connectivity index (χ3v) is 4.89. The molecular formula is C21H18BrN5O. The highest BCUT2D eigenvalue weighted by Crippen LogP contribution is 2.20. The first-order valence-electron chi connectivity index (χ1n) is 8.78. The second-order valence-corrected chi connectivity index (χ2v) is 7.31. The monoisotopic (exact) mass is 435 g/mol. The molecule has 140 valence electrons. The highest BCUT2D eigenvalue weighted by atomic mass is 79.9. The minimum Gasteiger partial charge on any atom is -0.322 e. The van der Waals surface area contributed by atoms with Crippen molar-refractivity contribution in [1.29, 1.82) is 0 Å². The van der Waals surface area contributed by atoms with Gasteiger partial charge < -0.3 is 5.32 Å². The fourth-order valence-electron chi connectivity index (χ4n) is 3.03. The number of rotatable bonds is 5. The minimum absolute atomic E-state index is 0.185. The largest absolute Gasteiger partial charge is 0.322 e. The van der Waals surface area contributed by atoms with Gasteiger partial charge in [-0.15, -0.1) is 0 Å². The topological polar surface area (TPSA) is 64.7 Å². The van der Waals surface area contributed by atoms with Gasteiger partial charge in [0, 0.05) is 22.6 Å². The van der Waals surface area contributed by atoms with Crippen LogP contribution in [0.3, 0.4) is 0 Å². The van der Waals surface area contributed by atoms with Crippen molar-refractivity contribution in [2.24, 2.45) is 0 Å². The summed E-state index contributed by atoms with van der Waals surface area (Å²) in [6, 6.07) is 17.4. The quantitative estimate of drug-likeness (QED) is 0.503. The predicted octanol–water partition coefficient (Wildman–Crippen LogP) is 4.44. The normalized spacial score (nSPS) is 10.8. The van der Waals surface area contributed by atoms with Crippen molar-refractivity contribution >= 4 is 27.5 Å². The molecule has 2 aromatic carbocycles. The van der Waals surface area contributed by atoms with Crippen LogP contribution < -0.4 is 5.32 Å². The van der Waals surface area contributed by atoms with Crippen LogP contribution >= 0.6 is 15.9 Å². The van der Waals surface area contributed by atoms with Crippen molar-refractivity contribution in [2.45, 2.75) is 13.5 Å². The van der Waals surface area contributed by atoms with Gasteiger partial charge in [0.25, 0.3) is 5.91 Å². The average molecular weight is 436 g/mol. The molecule has 1 amide bonds. The first-order valence-corrected chi connectivity index (χ1v) is 9.58. The van der Waals surface area contributed by atoms with E-state index in [1.54, 1.807) is 17.1 Å². The Morgan fingerprint density at radius 1 is 1.11 bits per heavy atom. The van der Waals surface area contributed by atoms with Crippen molar-refractivity contribution in [2.75, 3.05) is 5.32 Å². The van der Waals surface area contributed by atoms with Crippen LogP contribution in [0.15, 0.2) is 77.7 Å². The van der Waals surface area contributed by atoms with Crippen molar-refractivity contribution in [3.8, 4) is 5.69 Å². The number of hydrogen-bond donors (Lipinski definition) is 1. The summed E-state index contributed by atoms with van der Waals surface area (Å²) in [5, 5.41) is 11.6. The van der Waals surface area contributed by atoms with E-state index >= 15 is 0 Å². The summed E-state index contributed by atoms with van der Waals surface area (Å²) in [5.41, 5.74) is 4.01. The number of carbonyl (C=O) groups excluding carboxylic acids is 1. The number of benzene rings is 2. The summed E-state index contributed by atoms with van der Waals surface area (Å²) < 4.78 is 4.56. The van der Waals surface area contributed by atoms with Crippen LogP contribution in [0.5, 0.6) is 0 Å². The molecule has 2 heterocycles. The maximum Gasteiger partial charge on any atom is 0.259 e. The Bertz CT molecular complexity index is 1120. The summed E-state index contributed by atoms with van der Waals surface area (Å²) in [5.74, 6) is -0.185. The van der Waals surface area contributed by atoms with Gasteiger partial charge in [-0.3, -0.25) is 9.48 Å². The van der Waals surface area contributed by atoms with Crippen molar-refractivity contribution in [1.82, 2.24) is 19.6 Å². The number of nitrogens with zero attached hydrogens (tertiary/aromatic N) is 4. The molecule has 0 saturated carbocycles. The van der Waals surface area contributed by atoms with E-state index in [2.05, 4.69) is 31.4 Å². The Labute approximate surface area is 170 Å². The van der Waals surface area contributed by atoms with Gasteiger partial charge in [-0.1, -0.05) is 34.1 Å². The van der Waals surface area contributed by atoms with E-state index in [0.717, 1.165) is 27.1 Å². The zero-order valence-electron chi connectivity index (χ0n) is 15.2. The number of nitrogens with one attached hydrogen (secondary N) is 1. The van der Waals surface area contributed by atoms with Crippen LogP contribution in [-0.2, 0) is 6.54 Å². The lowest BCUT2D eigenvalue weighted by Gasteiger charge is -2.09. The number of hydrogen-bond acceptors (Lipinski definition) is 3. The molecule has 0 spiro atoms. The highest BCUT2D eigenvalue weighted by Gasteiger charge is 2.15. The van der Waals surface area contributed by atoms with Gasteiger partial charge in [0.1, 0.15) is 0 Å². The van der Waals surface area contributed by atoms with Crippen molar-refractivity contribution in [3.05, 3.63) is 94.5 Å². The van der Waals surface area contributed by atoms with E-state index in [-0.39, 0.29) is 5.91 Å². The second kappa shape index (κ2) is 7.82. The summed E-state index contributed by atoms with van der Waals surface area (Å²) in [4.78, 5) is 12.8. The summed E-state index contributed by atoms with van der Waals surface area (Å²) >= 11 is 3.47. The number of amides is 1. The molecule has 0 saturated heterocycles. The van der Waals surface area contributed by atoms with Crippen LogP contribution in [0.1, 0.15) is 21.6 Å². The van der Waals surface area contributed by atoms with E-state index in [4.69, 9.17) is 0 Å². The molecule has 0 aliphatic carbocycles. The molecule has 0 bridgehead atoms. The SMILES string of the molecule is Cc1c(C(=O)Nc2cccc(Cn3cccn3)c2)cnn1-c1cccc(Br)c1. The molecule has 7 heteroatoms. The standard InChI is InChI=1S/C21H18BrN5O/c1-15-20(13-24-27(15)19-8-3-6-17(22)12-19)21(28)25-18-7-2-5-16(11-18)14-26-10-4-9-23-26/h2-13H,14H2,1H3,(H,25,28). The van der Waals surface area contributed by atoms with E-state index in [1.807, 2.05) is 72.4 Å². The fraction of sp³-hybridized carbons (Fsp3) is 0.0952. The number of aromatic nitrogens is 4. The van der Waals surface area contributed by atoms with Crippen molar-refractivity contribution in [3.63, 3.8) is 0 Å². The summed E-state index contributed by atoms with van der Waals surface area (Å²) in [7, 11) is 0. The third-order valence-electron chi connectivity index (χ3n) is 4.40. The Kier molecular flexibility index (Phi) is 5.08. The van der Waals surface area contributed by atoms with Crippen LogP contribution in [0, 0.1) is 6.92 Å². The fourth-order valence-corrected chi connectivity index (χ4v) is 3.41. The molecule has 1 N–H and O–H groups in total. The predicted molar refractivity (Wildman–Crippen MR) is 112 cm³/mol. The van der Waals surface area contributed by atoms with Gasteiger partial charge in [0.05, 0.1) is 29.7 Å². The zero-order valence-corrected chi connectivity index (χ0v) is 16.8. The molecule has 4 aromatic rings. The Hall–Kier alpha value is -3.19. The number of carbonyl (C=O) groups is 1. The van der Waals surface area contributed by atoms with Gasteiger partial charge in [-0.05, 0) is 48.9 Å². The highest BCUT2D eigenvalue weighted by molar-refractivity contribution is 9.10. The van der Waals surface area contributed by atoms with Gasteiger partial charge in [-0.2, -0.15) is 10.2 Å². The molecular weight excluding hydrogens is 418 g/mol. The van der Waals surface area contributed by atoms with Gasteiger partial charge in [0.2, 0.25) is 0 Å². The average Bonchev–Trinajstić information content (AvgIpc) is 3.31. The summed E-state index contributed by atoms with van der Waals surface area (Å²) in [6.45, 7) is 2.54. The van der Waals surface area contributed by atoms with Crippen LogP contribution in [0.4, 0.5) is 5.69 Å². The Balaban J connectivity index is 1.53. The maximum absolute atomic E-state index is 12.8. The Morgan fingerprint density at radius 2 is 1.96 bits per heavy atom. The maximum atomic E-state index is 12.8. The molecule has 4 rings (SSSR count). The second-order valence-electron chi connectivity index (χ2n) is 6.39. The Morgan fingerprint density at radius 3 is 2.75 bits per heavy atom. The molecule has 6 nitrogen and oxygen atoms in total. The van der Waals surface area contributed by atoms with Crippen LogP contribution in [0.25, 0.3) is 5.69 Å². The van der Waals surface area contributed by atoms with Crippen LogP contribution in [-0.4, -0.2) is 25.5 Å². The molecule has 2 aromatic heterocycles. The molecule has 0 unspecified atom stereocenters. The van der Waals surface area contributed by atoms with E-state index < -0.39 is 0 Å². The summed E-state index contributed by atoms with van der Waals surface area (Å²) in [6.07, 6.45) is 5.25. The van der Waals surface area contributed by atoms with Gasteiger partial charge in [-0.25, -0.2) is 4.68 Å². The first kappa shape index (κ1) is 18.2. The lowest BCUT2D eigenvalue weighted by molar-refractivity contribution is 0.102. The van der Waals surface area contributed by atoms with Gasteiger partial charge >= 0.3 is 0 Å². The first-order chi connectivity index (χ1) is 13.6. The zero-order chi connectivity index (χ0) is 19.5. The molecule has 0 radical (unpaired) electrons. The molecule has 0 fully saturated rings. The number of anilines is 1. The molecule has 0 aliphatic rings. The number of halogens is 1. The minimum atomic E-state index is -0.185. The smallest absolute Gasteiger partial charge is 0.259 e. The molecule has 28 heavy (non-hydrogen) atoms. The third kappa shape index (κ3) is 3.89. The lowest BCUT2D eigenvalue weighted by Crippen LogP contribution is -2.13. The van der Waals surface area contributed by atoms with Crippen LogP contribution in [0.2, 0.25) is 0 Å². The van der Waals surface area contributed by atoms with E-state index in [9.17, 15) is 4.79 Å². The van der Waals surface area contributed by atoms with E-state index in [1.165, 1.54) is 0 Å². The molecule has 0 aliphatic heterocycles.